The lowest BCUT2D eigenvalue weighted by atomic mass is 10.2. The number of amides is 1. The zero-order chi connectivity index (χ0) is 13.2. The number of thiophene rings is 1. The summed E-state index contributed by atoms with van der Waals surface area (Å²) in [4.78, 5) is 12.7. The Morgan fingerprint density at radius 2 is 2.21 bits per heavy atom. The Bertz CT molecular complexity index is 361. The molecule has 0 saturated carbocycles. The molecule has 1 heterocycles. The van der Waals surface area contributed by atoms with E-state index in [1.165, 1.54) is 0 Å². The first kappa shape index (κ1) is 18.7. The van der Waals surface area contributed by atoms with E-state index in [9.17, 15) is 4.79 Å². The minimum atomic E-state index is 0. The van der Waals surface area contributed by atoms with E-state index in [2.05, 4.69) is 10.6 Å². The summed E-state index contributed by atoms with van der Waals surface area (Å²) < 4.78 is 4.90. The molecule has 1 amide bonds. The van der Waals surface area contributed by atoms with E-state index < -0.39 is 0 Å². The van der Waals surface area contributed by atoms with E-state index >= 15 is 0 Å². The second-order valence-electron chi connectivity index (χ2n) is 3.82. The predicted molar refractivity (Wildman–Crippen MR) is 82.7 cm³/mol. The average molecular weight is 327 g/mol. The summed E-state index contributed by atoms with van der Waals surface area (Å²) in [6.45, 7) is 2.90. The highest BCUT2D eigenvalue weighted by Crippen LogP contribution is 2.20. The standard InChI is InChI=1S/C12H19ClN2O2S.ClH/c1-17-7-6-14-4-5-15-12(16)3-2-11-8-10(13)9-18-11;/h8-9,14H,2-7H2,1H3,(H,15,16);1H. The highest BCUT2D eigenvalue weighted by atomic mass is 35.5. The van der Waals surface area contributed by atoms with Gasteiger partial charge in [0.1, 0.15) is 0 Å². The Kier molecular flexibility index (Phi) is 11.3. The molecule has 4 nitrogen and oxygen atoms in total. The van der Waals surface area contributed by atoms with Crippen LogP contribution >= 0.6 is 35.3 Å². The number of rotatable bonds is 9. The molecule has 2 N–H and O–H groups in total. The van der Waals surface area contributed by atoms with Gasteiger partial charge in [0.05, 0.1) is 11.6 Å². The minimum absolute atomic E-state index is 0. The van der Waals surface area contributed by atoms with E-state index in [0.29, 0.717) is 19.6 Å². The van der Waals surface area contributed by atoms with Crippen molar-refractivity contribution in [2.75, 3.05) is 33.4 Å². The number of aryl methyl sites for hydroxylation is 1. The van der Waals surface area contributed by atoms with Gasteiger partial charge >= 0.3 is 0 Å². The molecule has 19 heavy (non-hydrogen) atoms. The first-order valence-corrected chi connectivity index (χ1v) is 7.17. The van der Waals surface area contributed by atoms with E-state index in [0.717, 1.165) is 29.4 Å². The van der Waals surface area contributed by atoms with E-state index in [1.54, 1.807) is 18.4 Å². The summed E-state index contributed by atoms with van der Waals surface area (Å²) in [6, 6.07) is 1.91. The maximum absolute atomic E-state index is 11.5. The van der Waals surface area contributed by atoms with E-state index in [-0.39, 0.29) is 18.3 Å². The molecule has 1 aromatic heterocycles. The molecule has 110 valence electrons. The van der Waals surface area contributed by atoms with E-state index in [1.807, 2.05) is 11.4 Å². The van der Waals surface area contributed by atoms with Gasteiger partial charge in [0, 0.05) is 43.4 Å². The normalized spacial score (nSPS) is 10.0. The summed E-state index contributed by atoms with van der Waals surface area (Å²) in [7, 11) is 1.67. The molecular weight excluding hydrogens is 307 g/mol. The Morgan fingerprint density at radius 1 is 1.42 bits per heavy atom. The summed E-state index contributed by atoms with van der Waals surface area (Å²) in [5.74, 6) is 0.0769. The number of carbonyl (C=O) groups is 1. The van der Waals surface area contributed by atoms with Crippen LogP contribution in [0.4, 0.5) is 0 Å². The summed E-state index contributed by atoms with van der Waals surface area (Å²) in [5.41, 5.74) is 0. The fourth-order valence-corrected chi connectivity index (χ4v) is 2.48. The fraction of sp³-hybridized carbons (Fsp3) is 0.583. The Hall–Kier alpha value is -0.330. The van der Waals surface area contributed by atoms with Crippen LogP contribution in [0.1, 0.15) is 11.3 Å². The third kappa shape index (κ3) is 9.24. The van der Waals surface area contributed by atoms with Crippen molar-refractivity contribution in [1.82, 2.24) is 10.6 Å². The van der Waals surface area contributed by atoms with Crippen LogP contribution in [0.5, 0.6) is 0 Å². The lowest BCUT2D eigenvalue weighted by Gasteiger charge is -2.06. The van der Waals surface area contributed by atoms with Crippen molar-refractivity contribution >= 4 is 41.3 Å². The monoisotopic (exact) mass is 326 g/mol. The number of hydrogen-bond acceptors (Lipinski definition) is 4. The Labute approximate surface area is 129 Å². The zero-order valence-electron chi connectivity index (χ0n) is 10.9. The molecular formula is C12H20Cl2N2O2S. The van der Waals surface area contributed by atoms with Crippen molar-refractivity contribution < 1.29 is 9.53 Å². The highest BCUT2D eigenvalue weighted by molar-refractivity contribution is 7.10. The maximum Gasteiger partial charge on any atom is 0.220 e. The van der Waals surface area contributed by atoms with Crippen LogP contribution in [0, 0.1) is 0 Å². The number of methoxy groups -OCH3 is 1. The molecule has 0 saturated heterocycles. The number of carbonyl (C=O) groups excluding carboxylic acids is 1. The molecule has 0 atom stereocenters. The van der Waals surface area contributed by atoms with Crippen molar-refractivity contribution in [1.29, 1.82) is 0 Å². The van der Waals surface area contributed by atoms with Gasteiger partial charge in [-0.1, -0.05) is 11.6 Å². The third-order valence-corrected chi connectivity index (χ3v) is 3.67. The fourth-order valence-electron chi connectivity index (χ4n) is 1.40. The quantitative estimate of drug-likeness (QED) is 0.683. The molecule has 0 fully saturated rings. The predicted octanol–water partition coefficient (Wildman–Crippen LogP) is 2.11. The molecule has 0 aliphatic rings. The number of hydrogen-bond donors (Lipinski definition) is 2. The number of ether oxygens (including phenoxy) is 1. The van der Waals surface area contributed by atoms with Crippen LogP contribution < -0.4 is 10.6 Å². The Morgan fingerprint density at radius 3 is 2.84 bits per heavy atom. The second-order valence-corrected chi connectivity index (χ2v) is 5.26. The summed E-state index contributed by atoms with van der Waals surface area (Å²) in [5, 5.41) is 8.66. The molecule has 7 heteroatoms. The van der Waals surface area contributed by atoms with Gasteiger partial charge in [-0.3, -0.25) is 4.79 Å². The average Bonchev–Trinajstić information content (AvgIpc) is 2.77. The van der Waals surface area contributed by atoms with Gasteiger partial charge in [0.25, 0.3) is 0 Å². The molecule has 0 aromatic carbocycles. The van der Waals surface area contributed by atoms with Crippen LogP contribution in [0.2, 0.25) is 5.02 Å². The van der Waals surface area contributed by atoms with Gasteiger partial charge in [0.15, 0.2) is 0 Å². The lowest BCUT2D eigenvalue weighted by Crippen LogP contribution is -2.33. The first-order chi connectivity index (χ1) is 8.72. The smallest absolute Gasteiger partial charge is 0.220 e. The first-order valence-electron chi connectivity index (χ1n) is 5.91. The largest absolute Gasteiger partial charge is 0.383 e. The van der Waals surface area contributed by atoms with Crippen molar-refractivity contribution in [2.45, 2.75) is 12.8 Å². The third-order valence-electron chi connectivity index (χ3n) is 2.33. The minimum Gasteiger partial charge on any atom is -0.383 e. The van der Waals surface area contributed by atoms with Gasteiger partial charge in [-0.2, -0.15) is 0 Å². The molecule has 1 aromatic rings. The number of nitrogens with one attached hydrogen (secondary N) is 2. The molecule has 0 bridgehead atoms. The van der Waals surface area contributed by atoms with Gasteiger partial charge in [-0.05, 0) is 12.5 Å². The van der Waals surface area contributed by atoms with Crippen molar-refractivity contribution in [2.24, 2.45) is 0 Å². The molecule has 0 unspecified atom stereocenters. The molecule has 0 aliphatic heterocycles. The molecule has 0 aliphatic carbocycles. The molecule has 1 rings (SSSR count). The van der Waals surface area contributed by atoms with Crippen LogP contribution in [0.25, 0.3) is 0 Å². The zero-order valence-corrected chi connectivity index (χ0v) is 13.3. The molecule has 0 radical (unpaired) electrons. The van der Waals surface area contributed by atoms with Crippen LogP contribution in [0.15, 0.2) is 11.4 Å². The van der Waals surface area contributed by atoms with Crippen LogP contribution in [-0.2, 0) is 16.0 Å². The van der Waals surface area contributed by atoms with Crippen molar-refractivity contribution in [3.05, 3.63) is 21.3 Å². The summed E-state index contributed by atoms with van der Waals surface area (Å²) >= 11 is 7.40. The maximum atomic E-state index is 11.5. The van der Waals surface area contributed by atoms with Gasteiger partial charge in [-0.25, -0.2) is 0 Å². The second kappa shape index (κ2) is 11.5. The SMILES string of the molecule is COCCNCCNC(=O)CCc1cc(Cl)cs1.Cl. The Balaban J connectivity index is 0.00000324. The summed E-state index contributed by atoms with van der Waals surface area (Å²) in [6.07, 6.45) is 1.26. The van der Waals surface area contributed by atoms with E-state index in [4.69, 9.17) is 16.3 Å². The van der Waals surface area contributed by atoms with Gasteiger partial charge in [-0.15, -0.1) is 23.7 Å². The van der Waals surface area contributed by atoms with Gasteiger partial charge < -0.3 is 15.4 Å². The van der Waals surface area contributed by atoms with Gasteiger partial charge in [0.2, 0.25) is 5.91 Å². The highest BCUT2D eigenvalue weighted by Gasteiger charge is 2.03. The topological polar surface area (TPSA) is 50.4 Å². The number of halogens is 2. The van der Waals surface area contributed by atoms with Crippen molar-refractivity contribution in [3.8, 4) is 0 Å². The van der Waals surface area contributed by atoms with Crippen LogP contribution in [0.3, 0.4) is 0 Å². The van der Waals surface area contributed by atoms with Crippen molar-refractivity contribution in [3.63, 3.8) is 0 Å². The van der Waals surface area contributed by atoms with Crippen LogP contribution in [-0.4, -0.2) is 39.3 Å². The molecule has 0 spiro atoms. The lowest BCUT2D eigenvalue weighted by molar-refractivity contribution is -0.121.